The normalized spacial score (nSPS) is 10.8. The van der Waals surface area contributed by atoms with Gasteiger partial charge in [-0.1, -0.05) is 46.3 Å². The molecule has 1 N–H and O–H groups in total. The summed E-state index contributed by atoms with van der Waals surface area (Å²) >= 11 is 3.44. The number of halogens is 1. The minimum atomic E-state index is -0.772. The van der Waals surface area contributed by atoms with Crippen LogP contribution in [-0.2, 0) is 9.47 Å². The summed E-state index contributed by atoms with van der Waals surface area (Å²) in [4.78, 5) is 25.5. The topological polar surface area (TPSA) is 90.6 Å². The Labute approximate surface area is 186 Å². The van der Waals surface area contributed by atoms with Gasteiger partial charge >= 0.3 is 11.9 Å². The zero-order valence-corrected chi connectivity index (χ0v) is 18.2. The van der Waals surface area contributed by atoms with Crippen LogP contribution < -0.4 is 0 Å². The van der Waals surface area contributed by atoms with Gasteiger partial charge in [0.25, 0.3) is 0 Å². The van der Waals surface area contributed by atoms with Crippen molar-refractivity contribution < 1.29 is 24.2 Å². The summed E-state index contributed by atoms with van der Waals surface area (Å²) in [5.41, 5.74) is 0.779. The Bertz CT molecular complexity index is 1310. The van der Waals surface area contributed by atoms with Crippen molar-refractivity contribution in [1.29, 1.82) is 0 Å². The lowest BCUT2D eigenvalue weighted by Crippen LogP contribution is -2.15. The van der Waals surface area contributed by atoms with E-state index in [0.717, 1.165) is 9.86 Å². The van der Waals surface area contributed by atoms with Crippen LogP contribution in [0.25, 0.3) is 27.7 Å². The minimum absolute atomic E-state index is 0.0888. The lowest BCUT2D eigenvalue weighted by molar-refractivity contribution is 0.0549. The smallest absolute Gasteiger partial charge is 0.357 e. The number of fused-ring (bicyclic) bond motifs is 1. The molecule has 1 heterocycles. The van der Waals surface area contributed by atoms with E-state index in [1.165, 1.54) is 25.0 Å². The van der Waals surface area contributed by atoms with Gasteiger partial charge in [0.2, 0.25) is 0 Å². The average Bonchev–Trinajstić information content (AvgIpc) is 3.18. The van der Waals surface area contributed by atoms with Crippen LogP contribution in [0.3, 0.4) is 0 Å². The van der Waals surface area contributed by atoms with Crippen molar-refractivity contribution >= 4 is 38.6 Å². The molecule has 0 aliphatic heterocycles. The molecule has 0 aliphatic rings. The molecule has 7 nitrogen and oxygen atoms in total. The second kappa shape index (κ2) is 8.23. The van der Waals surface area contributed by atoms with Crippen LogP contribution in [0.2, 0.25) is 0 Å². The largest absolute Gasteiger partial charge is 0.507 e. The van der Waals surface area contributed by atoms with Crippen molar-refractivity contribution in [3.8, 4) is 22.7 Å². The fraction of sp³-hybridized carbons (Fsp3) is 0.0870. The molecule has 0 unspecified atom stereocenters. The Kier molecular flexibility index (Phi) is 5.48. The van der Waals surface area contributed by atoms with Crippen molar-refractivity contribution in [2.24, 2.45) is 0 Å². The van der Waals surface area contributed by atoms with Crippen molar-refractivity contribution in [3.05, 3.63) is 76.4 Å². The maximum Gasteiger partial charge on any atom is 0.357 e. The standard InChI is InChI=1S/C23H17BrN2O5/c1-30-22(28)19-20(18-16-10-9-14(24)12-13(16)8-11-17(18)27)25-26(21(19)23(29)31-2)15-6-4-3-5-7-15/h3-12,27H,1-2H3. The van der Waals surface area contributed by atoms with Crippen molar-refractivity contribution in [2.45, 2.75) is 0 Å². The molecule has 1 aromatic heterocycles. The third kappa shape index (κ3) is 3.55. The van der Waals surface area contributed by atoms with Gasteiger partial charge in [0.05, 0.1) is 25.5 Å². The SMILES string of the molecule is COC(=O)c1c(-c2c(O)ccc3cc(Br)ccc23)nn(-c2ccccc2)c1C(=O)OC. The minimum Gasteiger partial charge on any atom is -0.507 e. The van der Waals surface area contributed by atoms with E-state index < -0.39 is 11.9 Å². The first-order valence-electron chi connectivity index (χ1n) is 9.23. The first-order chi connectivity index (χ1) is 15.0. The third-order valence-electron chi connectivity index (χ3n) is 4.85. The van der Waals surface area contributed by atoms with Crippen LogP contribution in [0.4, 0.5) is 0 Å². The zero-order valence-electron chi connectivity index (χ0n) is 16.6. The van der Waals surface area contributed by atoms with Crippen LogP contribution in [-0.4, -0.2) is 41.0 Å². The second-order valence-electron chi connectivity index (χ2n) is 6.63. The number of hydrogen-bond acceptors (Lipinski definition) is 6. The van der Waals surface area contributed by atoms with Gasteiger partial charge in [-0.3, -0.25) is 0 Å². The van der Waals surface area contributed by atoms with E-state index >= 15 is 0 Å². The number of nitrogens with zero attached hydrogens (tertiary/aromatic N) is 2. The van der Waals surface area contributed by atoms with E-state index in [1.807, 2.05) is 18.2 Å². The molecular weight excluding hydrogens is 464 g/mol. The molecule has 0 radical (unpaired) electrons. The van der Waals surface area contributed by atoms with E-state index in [4.69, 9.17) is 9.47 Å². The highest BCUT2D eigenvalue weighted by Crippen LogP contribution is 2.40. The van der Waals surface area contributed by atoms with Gasteiger partial charge in [0, 0.05) is 4.47 Å². The number of benzene rings is 3. The summed E-state index contributed by atoms with van der Waals surface area (Å²) < 4.78 is 12.1. The Hall–Kier alpha value is -3.65. The summed E-state index contributed by atoms with van der Waals surface area (Å²) in [5, 5.41) is 16.8. The van der Waals surface area contributed by atoms with Crippen molar-refractivity contribution in [1.82, 2.24) is 9.78 Å². The molecule has 0 spiro atoms. The predicted octanol–water partition coefficient (Wildman–Crippen LogP) is 4.73. The summed E-state index contributed by atoms with van der Waals surface area (Å²) in [6.45, 7) is 0. The molecule has 3 aromatic carbocycles. The highest BCUT2D eigenvalue weighted by molar-refractivity contribution is 9.10. The van der Waals surface area contributed by atoms with E-state index in [0.29, 0.717) is 16.6 Å². The molecule has 0 bridgehead atoms. The summed E-state index contributed by atoms with van der Waals surface area (Å²) in [6, 6.07) is 17.6. The lowest BCUT2D eigenvalue weighted by Gasteiger charge is -2.09. The van der Waals surface area contributed by atoms with E-state index in [-0.39, 0.29) is 22.7 Å². The molecular formula is C23H17BrN2O5. The zero-order chi connectivity index (χ0) is 22.1. The van der Waals surface area contributed by atoms with Gasteiger partial charge in [-0.15, -0.1) is 0 Å². The Morgan fingerprint density at radius 1 is 0.968 bits per heavy atom. The predicted molar refractivity (Wildman–Crippen MR) is 119 cm³/mol. The number of carbonyl (C=O) groups excluding carboxylic acids is 2. The quantitative estimate of drug-likeness (QED) is 0.424. The average molecular weight is 481 g/mol. The highest BCUT2D eigenvalue weighted by Gasteiger charge is 2.33. The summed E-state index contributed by atoms with van der Waals surface area (Å²) in [5.74, 6) is -1.62. The maximum atomic E-state index is 12.8. The second-order valence-corrected chi connectivity index (χ2v) is 7.54. The number of para-hydroxylation sites is 1. The number of aromatic nitrogens is 2. The highest BCUT2D eigenvalue weighted by atomic mass is 79.9. The molecule has 0 aliphatic carbocycles. The van der Waals surface area contributed by atoms with Gasteiger partial charge in [-0.2, -0.15) is 5.10 Å². The molecule has 0 saturated carbocycles. The molecule has 4 rings (SSSR count). The van der Waals surface area contributed by atoms with E-state index in [1.54, 1.807) is 36.4 Å². The fourth-order valence-electron chi connectivity index (χ4n) is 3.47. The number of ether oxygens (including phenoxy) is 2. The van der Waals surface area contributed by atoms with Crippen molar-refractivity contribution in [3.63, 3.8) is 0 Å². The molecule has 0 amide bonds. The van der Waals surface area contributed by atoms with Gasteiger partial charge in [0.1, 0.15) is 17.0 Å². The van der Waals surface area contributed by atoms with E-state index in [9.17, 15) is 14.7 Å². The summed E-state index contributed by atoms with van der Waals surface area (Å²) in [6.07, 6.45) is 0. The van der Waals surface area contributed by atoms with Gasteiger partial charge in [-0.05, 0) is 41.1 Å². The molecule has 8 heteroatoms. The number of carbonyl (C=O) groups is 2. The van der Waals surface area contributed by atoms with Crippen LogP contribution in [0.15, 0.2) is 65.1 Å². The molecule has 0 atom stereocenters. The van der Waals surface area contributed by atoms with E-state index in [2.05, 4.69) is 21.0 Å². The van der Waals surface area contributed by atoms with Crippen LogP contribution >= 0.6 is 15.9 Å². The number of rotatable bonds is 4. The number of methoxy groups -OCH3 is 2. The Balaban J connectivity index is 2.14. The number of hydrogen-bond donors (Lipinski definition) is 1. The number of esters is 2. The molecule has 0 fully saturated rings. The fourth-order valence-corrected chi connectivity index (χ4v) is 3.85. The van der Waals surface area contributed by atoms with Crippen LogP contribution in [0, 0.1) is 0 Å². The number of phenols is 1. The first-order valence-corrected chi connectivity index (χ1v) is 10.0. The Morgan fingerprint density at radius 3 is 2.35 bits per heavy atom. The van der Waals surface area contributed by atoms with Crippen LogP contribution in [0.5, 0.6) is 5.75 Å². The first kappa shape index (κ1) is 20.6. The van der Waals surface area contributed by atoms with Crippen molar-refractivity contribution in [2.75, 3.05) is 14.2 Å². The molecule has 0 saturated heterocycles. The lowest BCUT2D eigenvalue weighted by atomic mass is 9.98. The molecule has 31 heavy (non-hydrogen) atoms. The van der Waals surface area contributed by atoms with Crippen LogP contribution in [0.1, 0.15) is 20.8 Å². The third-order valence-corrected chi connectivity index (χ3v) is 5.34. The number of phenolic OH excluding ortho intramolecular Hbond substituents is 1. The number of aromatic hydroxyl groups is 1. The van der Waals surface area contributed by atoms with Gasteiger partial charge in [-0.25, -0.2) is 14.3 Å². The van der Waals surface area contributed by atoms with Gasteiger partial charge < -0.3 is 14.6 Å². The summed E-state index contributed by atoms with van der Waals surface area (Å²) in [7, 11) is 2.44. The van der Waals surface area contributed by atoms with Gasteiger partial charge in [0.15, 0.2) is 5.69 Å². The Morgan fingerprint density at radius 2 is 1.68 bits per heavy atom. The molecule has 156 valence electrons. The monoisotopic (exact) mass is 480 g/mol. The molecule has 4 aromatic rings. The maximum absolute atomic E-state index is 12.8.